The van der Waals surface area contributed by atoms with Gasteiger partial charge < -0.3 is 10.8 Å². The molecule has 0 fully saturated rings. The quantitative estimate of drug-likeness (QED) is 0.896. The molecular formula is C9H12BrClFNO. The molecule has 0 heterocycles. The summed E-state index contributed by atoms with van der Waals surface area (Å²) in [7, 11) is 0. The molecule has 3 N–H and O–H groups in total. The van der Waals surface area contributed by atoms with Gasteiger partial charge in [-0.15, -0.1) is 12.4 Å². The van der Waals surface area contributed by atoms with Crippen molar-refractivity contribution in [2.24, 2.45) is 5.73 Å². The van der Waals surface area contributed by atoms with Crippen molar-refractivity contribution in [3.05, 3.63) is 28.2 Å². The molecule has 0 aromatic heterocycles. The number of hydrogen-bond donors (Lipinski definition) is 2. The van der Waals surface area contributed by atoms with Gasteiger partial charge in [0.15, 0.2) is 0 Å². The maximum absolute atomic E-state index is 12.0. The van der Waals surface area contributed by atoms with Gasteiger partial charge in [-0.1, -0.05) is 22.0 Å². The lowest BCUT2D eigenvalue weighted by Gasteiger charge is -2.11. The second-order valence-corrected chi connectivity index (χ2v) is 3.70. The molecule has 0 saturated heterocycles. The largest absolute Gasteiger partial charge is 0.508 e. The van der Waals surface area contributed by atoms with Gasteiger partial charge in [-0.3, -0.25) is 4.39 Å². The maximum atomic E-state index is 12.0. The number of halogens is 3. The van der Waals surface area contributed by atoms with Gasteiger partial charge in [-0.25, -0.2) is 0 Å². The molecule has 1 atom stereocenters. The van der Waals surface area contributed by atoms with Crippen molar-refractivity contribution < 1.29 is 9.50 Å². The van der Waals surface area contributed by atoms with E-state index in [4.69, 9.17) is 5.73 Å². The molecule has 0 aliphatic heterocycles. The van der Waals surface area contributed by atoms with Crippen LogP contribution in [0.5, 0.6) is 5.75 Å². The third-order valence-electron chi connectivity index (χ3n) is 1.81. The van der Waals surface area contributed by atoms with Crippen molar-refractivity contribution in [2.45, 2.75) is 12.5 Å². The molecule has 0 radical (unpaired) electrons. The Morgan fingerprint density at radius 3 is 2.64 bits per heavy atom. The molecule has 1 aromatic carbocycles. The predicted molar refractivity (Wildman–Crippen MR) is 60.6 cm³/mol. The molecule has 0 aliphatic carbocycles. The van der Waals surface area contributed by atoms with Gasteiger partial charge in [-0.2, -0.15) is 0 Å². The summed E-state index contributed by atoms with van der Waals surface area (Å²) in [6.45, 7) is -0.476. The lowest BCUT2D eigenvalue weighted by atomic mass is 10.0. The highest BCUT2D eigenvalue weighted by atomic mass is 79.9. The van der Waals surface area contributed by atoms with E-state index in [9.17, 15) is 9.50 Å². The van der Waals surface area contributed by atoms with E-state index in [0.717, 1.165) is 4.47 Å². The molecule has 2 nitrogen and oxygen atoms in total. The van der Waals surface area contributed by atoms with E-state index in [1.165, 1.54) is 0 Å². The van der Waals surface area contributed by atoms with Crippen LogP contribution in [0, 0.1) is 0 Å². The van der Waals surface area contributed by atoms with E-state index in [-0.39, 0.29) is 24.6 Å². The van der Waals surface area contributed by atoms with Gasteiger partial charge in [0.1, 0.15) is 5.75 Å². The van der Waals surface area contributed by atoms with Gasteiger partial charge >= 0.3 is 0 Å². The molecule has 14 heavy (non-hydrogen) atoms. The first kappa shape index (κ1) is 13.7. The summed E-state index contributed by atoms with van der Waals surface area (Å²) >= 11 is 3.21. The van der Waals surface area contributed by atoms with Crippen molar-refractivity contribution in [2.75, 3.05) is 6.67 Å². The second kappa shape index (κ2) is 6.22. The summed E-state index contributed by atoms with van der Waals surface area (Å²) in [5.74, 6) is 0.107. The molecule has 0 spiro atoms. The topological polar surface area (TPSA) is 46.2 Å². The van der Waals surface area contributed by atoms with E-state index in [1.54, 1.807) is 18.2 Å². The van der Waals surface area contributed by atoms with Crippen LogP contribution in [0.2, 0.25) is 0 Å². The number of nitrogens with two attached hydrogens (primary N) is 1. The number of alkyl halides is 1. The van der Waals surface area contributed by atoms with Crippen molar-refractivity contribution in [1.82, 2.24) is 0 Å². The van der Waals surface area contributed by atoms with Crippen LogP contribution in [0.1, 0.15) is 18.0 Å². The SMILES string of the molecule is Cl.N[C@@H](CCF)c1ccc(Br)cc1O. The van der Waals surface area contributed by atoms with Crippen LogP contribution < -0.4 is 5.73 Å². The molecule has 0 unspecified atom stereocenters. The minimum Gasteiger partial charge on any atom is -0.508 e. The summed E-state index contributed by atoms with van der Waals surface area (Å²) in [4.78, 5) is 0. The number of phenolic OH excluding ortho intramolecular Hbond substituents is 1. The summed E-state index contributed by atoms with van der Waals surface area (Å²) in [6, 6.07) is 4.58. The molecule has 1 aromatic rings. The Kier molecular flexibility index (Phi) is 6.08. The van der Waals surface area contributed by atoms with E-state index < -0.39 is 12.7 Å². The molecule has 1 rings (SSSR count). The molecule has 0 bridgehead atoms. The van der Waals surface area contributed by atoms with Crippen LogP contribution >= 0.6 is 28.3 Å². The summed E-state index contributed by atoms with van der Waals surface area (Å²) in [6.07, 6.45) is 0.231. The minimum atomic E-state index is -0.476. The molecular weight excluding hydrogens is 272 g/mol. The van der Waals surface area contributed by atoms with Crippen LogP contribution in [0.15, 0.2) is 22.7 Å². The third-order valence-corrected chi connectivity index (χ3v) is 2.31. The maximum Gasteiger partial charge on any atom is 0.121 e. The summed E-state index contributed by atoms with van der Waals surface area (Å²) < 4.78 is 12.7. The van der Waals surface area contributed by atoms with Crippen LogP contribution in [0.25, 0.3) is 0 Å². The summed E-state index contributed by atoms with van der Waals surface area (Å²) in [5, 5.41) is 9.46. The van der Waals surface area contributed by atoms with Gasteiger partial charge in [0.2, 0.25) is 0 Å². The Morgan fingerprint density at radius 1 is 1.50 bits per heavy atom. The van der Waals surface area contributed by atoms with Crippen molar-refractivity contribution >= 4 is 28.3 Å². The fraction of sp³-hybridized carbons (Fsp3) is 0.333. The van der Waals surface area contributed by atoms with Gasteiger partial charge in [0, 0.05) is 16.1 Å². The Bertz CT molecular complexity index is 298. The van der Waals surface area contributed by atoms with Crippen LogP contribution in [-0.2, 0) is 0 Å². The normalized spacial score (nSPS) is 11.9. The first-order valence-corrected chi connectivity index (χ1v) is 4.74. The lowest BCUT2D eigenvalue weighted by molar-refractivity contribution is 0.424. The molecule has 0 saturated carbocycles. The number of phenols is 1. The average Bonchev–Trinajstić information content (AvgIpc) is 2.04. The van der Waals surface area contributed by atoms with Crippen LogP contribution in [0.3, 0.4) is 0 Å². The second-order valence-electron chi connectivity index (χ2n) is 2.79. The fourth-order valence-corrected chi connectivity index (χ4v) is 1.45. The smallest absolute Gasteiger partial charge is 0.121 e. The van der Waals surface area contributed by atoms with E-state index in [1.807, 2.05) is 0 Å². The first-order chi connectivity index (χ1) is 6.15. The van der Waals surface area contributed by atoms with Crippen molar-refractivity contribution in [3.63, 3.8) is 0 Å². The van der Waals surface area contributed by atoms with Crippen molar-refractivity contribution in [3.8, 4) is 5.75 Å². The summed E-state index contributed by atoms with van der Waals surface area (Å²) in [5.41, 5.74) is 6.23. The standard InChI is InChI=1S/C9H11BrFNO.ClH/c10-6-1-2-7(9(13)5-6)8(12)3-4-11;/h1-2,5,8,13H,3-4,12H2;1H/t8-;/m0./s1. The average molecular weight is 285 g/mol. The van der Waals surface area contributed by atoms with Crippen molar-refractivity contribution in [1.29, 1.82) is 0 Å². The molecule has 0 amide bonds. The van der Waals surface area contributed by atoms with Gasteiger partial charge in [0.05, 0.1) is 6.67 Å². The van der Waals surface area contributed by atoms with E-state index >= 15 is 0 Å². The zero-order valence-electron chi connectivity index (χ0n) is 7.41. The highest BCUT2D eigenvalue weighted by Crippen LogP contribution is 2.27. The van der Waals surface area contributed by atoms with Gasteiger partial charge in [-0.05, 0) is 18.6 Å². The van der Waals surface area contributed by atoms with Gasteiger partial charge in [0.25, 0.3) is 0 Å². The lowest BCUT2D eigenvalue weighted by Crippen LogP contribution is -2.10. The molecule has 80 valence electrons. The van der Waals surface area contributed by atoms with Crippen LogP contribution in [0.4, 0.5) is 4.39 Å². The Balaban J connectivity index is 0.00000169. The number of hydrogen-bond acceptors (Lipinski definition) is 2. The predicted octanol–water partition coefficient (Wildman–Crippen LogP) is 2.94. The number of rotatable bonds is 3. The first-order valence-electron chi connectivity index (χ1n) is 3.95. The minimum absolute atomic E-state index is 0. The third kappa shape index (κ3) is 3.44. The number of aromatic hydroxyl groups is 1. The highest BCUT2D eigenvalue weighted by molar-refractivity contribution is 9.10. The molecule has 5 heteroatoms. The zero-order chi connectivity index (χ0) is 9.84. The number of benzene rings is 1. The van der Waals surface area contributed by atoms with Crippen LogP contribution in [-0.4, -0.2) is 11.8 Å². The monoisotopic (exact) mass is 283 g/mol. The highest BCUT2D eigenvalue weighted by Gasteiger charge is 2.10. The fourth-order valence-electron chi connectivity index (χ4n) is 1.10. The van der Waals surface area contributed by atoms with E-state index in [0.29, 0.717) is 5.56 Å². The molecule has 0 aliphatic rings. The Hall–Kier alpha value is -0.320. The Labute approximate surface area is 96.8 Å². The van der Waals surface area contributed by atoms with E-state index in [2.05, 4.69) is 15.9 Å². The Morgan fingerprint density at radius 2 is 2.14 bits per heavy atom. The zero-order valence-corrected chi connectivity index (χ0v) is 9.81.